The molecule has 0 atom stereocenters. The van der Waals surface area contributed by atoms with Crippen LogP contribution >= 0.6 is 0 Å². The molecule has 0 radical (unpaired) electrons. The maximum absolute atomic E-state index is 12.7. The van der Waals surface area contributed by atoms with Crippen molar-refractivity contribution in [3.8, 4) is 11.5 Å². The molecule has 0 aliphatic heterocycles. The van der Waals surface area contributed by atoms with Gasteiger partial charge in [0.1, 0.15) is 11.5 Å². The lowest BCUT2D eigenvalue weighted by molar-refractivity contribution is 0.103. The van der Waals surface area contributed by atoms with Crippen LogP contribution in [-0.4, -0.2) is 5.78 Å². The van der Waals surface area contributed by atoms with E-state index in [1.165, 1.54) is 0 Å². The van der Waals surface area contributed by atoms with E-state index < -0.39 is 0 Å². The zero-order valence-electron chi connectivity index (χ0n) is 16.2. The molecule has 4 aromatic rings. The van der Waals surface area contributed by atoms with Crippen LogP contribution in [-0.2, 0) is 0 Å². The van der Waals surface area contributed by atoms with Crippen LogP contribution in [0.5, 0.6) is 11.5 Å². The van der Waals surface area contributed by atoms with E-state index in [9.17, 15) is 4.79 Å². The predicted octanol–water partition coefficient (Wildman–Crippen LogP) is 5.62. The number of hydrogen-bond donors (Lipinski definition) is 3. The second-order valence-corrected chi connectivity index (χ2v) is 6.82. The highest BCUT2D eigenvalue weighted by molar-refractivity contribution is 6.12. The summed E-state index contributed by atoms with van der Waals surface area (Å²) >= 11 is 0. The Morgan fingerprint density at radius 1 is 0.700 bits per heavy atom. The van der Waals surface area contributed by atoms with Gasteiger partial charge in [0.05, 0.1) is 0 Å². The lowest BCUT2D eigenvalue weighted by atomic mass is 10.0. The number of carbonyl (C=O) groups excluding carboxylic acids is 1. The average molecular weight is 395 g/mol. The van der Waals surface area contributed by atoms with Crippen LogP contribution in [0.3, 0.4) is 0 Å². The van der Waals surface area contributed by atoms with Gasteiger partial charge in [0.25, 0.3) is 0 Å². The molecule has 0 spiro atoms. The fourth-order valence-electron chi connectivity index (χ4n) is 3.03. The molecule has 4 rings (SSSR count). The molecule has 0 aliphatic rings. The Morgan fingerprint density at radius 2 is 1.30 bits per heavy atom. The Bertz CT molecular complexity index is 1160. The van der Waals surface area contributed by atoms with Gasteiger partial charge in [-0.1, -0.05) is 18.2 Å². The van der Waals surface area contributed by atoms with E-state index in [-0.39, 0.29) is 5.78 Å². The first-order chi connectivity index (χ1) is 14.6. The molecule has 4 aromatic carbocycles. The first-order valence-corrected chi connectivity index (χ1v) is 9.48. The maximum Gasteiger partial charge on any atom is 0.195 e. The van der Waals surface area contributed by atoms with Gasteiger partial charge in [0.2, 0.25) is 0 Å². The molecule has 0 fully saturated rings. The second kappa shape index (κ2) is 8.41. The lowest BCUT2D eigenvalue weighted by Gasteiger charge is -2.10. The van der Waals surface area contributed by atoms with E-state index in [4.69, 9.17) is 16.2 Å². The summed E-state index contributed by atoms with van der Waals surface area (Å²) in [5.41, 5.74) is 15.3. The van der Waals surface area contributed by atoms with Crippen molar-refractivity contribution in [3.63, 3.8) is 0 Å². The summed E-state index contributed by atoms with van der Waals surface area (Å²) in [6.45, 7) is 0. The summed E-state index contributed by atoms with van der Waals surface area (Å²) in [7, 11) is 0. The Balaban J connectivity index is 1.43. The molecule has 0 amide bonds. The van der Waals surface area contributed by atoms with E-state index in [1.807, 2.05) is 66.7 Å². The number of nitrogens with one attached hydrogen (secondary N) is 1. The Kier molecular flexibility index (Phi) is 5.35. The van der Waals surface area contributed by atoms with Crippen LogP contribution in [0.25, 0.3) is 0 Å². The molecule has 0 saturated carbocycles. The second-order valence-electron chi connectivity index (χ2n) is 6.82. The van der Waals surface area contributed by atoms with Crippen molar-refractivity contribution in [2.24, 2.45) is 0 Å². The molecular formula is C25H21N3O2. The summed E-state index contributed by atoms with van der Waals surface area (Å²) in [4.78, 5) is 12.7. The molecule has 5 nitrogen and oxygen atoms in total. The molecule has 0 saturated heterocycles. The fraction of sp³-hybridized carbons (Fsp3) is 0. The molecule has 148 valence electrons. The molecule has 0 aromatic heterocycles. The Hall–Kier alpha value is -4.25. The first kappa shape index (κ1) is 19.1. The molecule has 0 heterocycles. The number of nitrogens with two attached hydrogens (primary N) is 2. The maximum atomic E-state index is 12.7. The highest BCUT2D eigenvalue weighted by atomic mass is 16.5. The van der Waals surface area contributed by atoms with Crippen LogP contribution in [0.4, 0.5) is 22.7 Å². The van der Waals surface area contributed by atoms with Gasteiger partial charge < -0.3 is 21.5 Å². The van der Waals surface area contributed by atoms with E-state index in [0.717, 1.165) is 22.9 Å². The monoisotopic (exact) mass is 395 g/mol. The quantitative estimate of drug-likeness (QED) is 0.291. The molecule has 5 N–H and O–H groups in total. The van der Waals surface area contributed by atoms with E-state index in [0.29, 0.717) is 22.5 Å². The molecule has 0 unspecified atom stereocenters. The minimum atomic E-state index is -0.159. The van der Waals surface area contributed by atoms with E-state index in [1.54, 1.807) is 30.3 Å². The first-order valence-electron chi connectivity index (χ1n) is 9.48. The summed E-state index contributed by atoms with van der Waals surface area (Å²) in [5, 5.41) is 3.31. The van der Waals surface area contributed by atoms with Gasteiger partial charge in [0, 0.05) is 33.9 Å². The van der Waals surface area contributed by atoms with Crippen molar-refractivity contribution in [1.82, 2.24) is 0 Å². The number of nitrogen functional groups attached to an aromatic ring is 2. The fourth-order valence-corrected chi connectivity index (χ4v) is 3.03. The van der Waals surface area contributed by atoms with Crippen LogP contribution < -0.4 is 21.5 Å². The smallest absolute Gasteiger partial charge is 0.195 e. The van der Waals surface area contributed by atoms with E-state index >= 15 is 0 Å². The lowest BCUT2D eigenvalue weighted by Crippen LogP contribution is -2.06. The van der Waals surface area contributed by atoms with Crippen LogP contribution in [0.1, 0.15) is 15.9 Å². The van der Waals surface area contributed by atoms with Gasteiger partial charge in [-0.2, -0.15) is 0 Å². The zero-order valence-corrected chi connectivity index (χ0v) is 16.2. The molecule has 0 aliphatic carbocycles. The van der Waals surface area contributed by atoms with Crippen molar-refractivity contribution < 1.29 is 9.53 Å². The van der Waals surface area contributed by atoms with Crippen molar-refractivity contribution in [3.05, 3.63) is 108 Å². The topological polar surface area (TPSA) is 90.4 Å². The number of para-hydroxylation sites is 1. The third-order valence-electron chi connectivity index (χ3n) is 4.59. The average Bonchev–Trinajstić information content (AvgIpc) is 2.77. The van der Waals surface area contributed by atoms with Gasteiger partial charge in [0.15, 0.2) is 5.78 Å². The molecule has 0 bridgehead atoms. The Labute approximate surface area is 174 Å². The summed E-state index contributed by atoms with van der Waals surface area (Å²) in [6, 6.07) is 29.4. The highest BCUT2D eigenvalue weighted by Crippen LogP contribution is 2.25. The molecule has 5 heteroatoms. The molecule has 30 heavy (non-hydrogen) atoms. The van der Waals surface area contributed by atoms with Crippen molar-refractivity contribution in [2.45, 2.75) is 0 Å². The number of hydrogen-bond acceptors (Lipinski definition) is 5. The van der Waals surface area contributed by atoms with E-state index in [2.05, 4.69) is 5.32 Å². The number of carbonyl (C=O) groups is 1. The highest BCUT2D eigenvalue weighted by Gasteiger charge is 2.12. The number of ketones is 1. The number of ether oxygens (including phenoxy) is 1. The van der Waals surface area contributed by atoms with Crippen molar-refractivity contribution in [1.29, 1.82) is 0 Å². The van der Waals surface area contributed by atoms with Gasteiger partial charge >= 0.3 is 0 Å². The van der Waals surface area contributed by atoms with Gasteiger partial charge in [-0.15, -0.1) is 0 Å². The third-order valence-corrected chi connectivity index (χ3v) is 4.59. The largest absolute Gasteiger partial charge is 0.457 e. The minimum absolute atomic E-state index is 0.159. The summed E-state index contributed by atoms with van der Waals surface area (Å²) < 4.78 is 5.80. The predicted molar refractivity (Wildman–Crippen MR) is 121 cm³/mol. The van der Waals surface area contributed by atoms with Crippen molar-refractivity contribution >= 4 is 28.5 Å². The van der Waals surface area contributed by atoms with Crippen molar-refractivity contribution in [2.75, 3.05) is 16.8 Å². The number of benzene rings is 4. The minimum Gasteiger partial charge on any atom is -0.457 e. The SMILES string of the molecule is Nc1ccc(N)c(C(=O)c2ccc(Nc3ccc(Oc4ccccc4)cc3)cc2)c1. The number of rotatable bonds is 6. The van der Waals surface area contributed by atoms with Gasteiger partial charge in [-0.25, -0.2) is 0 Å². The van der Waals surface area contributed by atoms with Crippen LogP contribution in [0, 0.1) is 0 Å². The number of anilines is 4. The zero-order chi connectivity index (χ0) is 20.9. The summed E-state index contributed by atoms with van der Waals surface area (Å²) in [5.74, 6) is 1.39. The molecular weight excluding hydrogens is 374 g/mol. The van der Waals surface area contributed by atoms with Crippen LogP contribution in [0.15, 0.2) is 97.1 Å². The normalized spacial score (nSPS) is 10.4. The van der Waals surface area contributed by atoms with Gasteiger partial charge in [-0.05, 0) is 78.9 Å². The summed E-state index contributed by atoms with van der Waals surface area (Å²) in [6.07, 6.45) is 0. The standard InChI is InChI=1S/C25H21N3O2/c26-18-8-15-24(27)23(16-18)25(29)17-6-9-19(10-7-17)28-20-11-13-22(14-12-20)30-21-4-2-1-3-5-21/h1-16,28H,26-27H2. The third kappa shape index (κ3) is 4.42. The van der Waals surface area contributed by atoms with Crippen LogP contribution in [0.2, 0.25) is 0 Å². The Morgan fingerprint density at radius 3 is 1.97 bits per heavy atom. The van der Waals surface area contributed by atoms with Gasteiger partial charge in [-0.3, -0.25) is 4.79 Å².